The van der Waals surface area contributed by atoms with E-state index in [0.717, 1.165) is 157 Å². The molecule has 7 aliphatic rings. The van der Waals surface area contributed by atoms with E-state index in [9.17, 15) is 38.7 Å². The van der Waals surface area contributed by atoms with Crippen molar-refractivity contribution in [3.05, 3.63) is 284 Å². The zero-order valence-electron chi connectivity index (χ0n) is 81.2. The highest BCUT2D eigenvalue weighted by Crippen LogP contribution is 2.41. The molecule has 5 N–H and O–H groups in total. The number of amides is 5. The number of benzene rings is 9. The first-order valence-corrected chi connectivity index (χ1v) is 49.3. The van der Waals surface area contributed by atoms with Gasteiger partial charge in [-0.15, -0.1) is 12.4 Å². The topological polar surface area (TPSA) is 328 Å². The van der Waals surface area contributed by atoms with E-state index in [4.69, 9.17) is 24.8 Å². The number of likely N-dealkylation sites (tertiary alicyclic amines) is 1. The predicted molar refractivity (Wildman–Crippen MR) is 554 cm³/mol. The fourth-order valence-electron chi connectivity index (χ4n) is 17.5. The van der Waals surface area contributed by atoms with Gasteiger partial charge in [0.1, 0.15) is 16.8 Å². The quantitative estimate of drug-likeness (QED) is 0.0803. The van der Waals surface area contributed by atoms with Crippen LogP contribution < -0.4 is 10.6 Å². The molecule has 6 fully saturated rings. The highest BCUT2D eigenvalue weighted by atomic mass is 79.9. The molecule has 29 nitrogen and oxygen atoms in total. The minimum absolute atomic E-state index is 0. The standard InChI is InChI=1S/C24H28N4O3.C24H25N3O3.C19H20N4O.C14H15BrN2.C14H11BrN2.C9H18N2O2.C4H6O3.ClH/c1-17-20-7-5-6-8-21(20)28(25-17)19-11-9-18(10-12-19)22(29)26-13-15-27(16-14-26)23(30)31-24(2,3)4;1-16-20-4-2-3-5-21(20)27(25-16)19-8-6-18(7-9-19)23(29)26-14-10-17(11-15-26)22(28)24(30)12-13-24;1-14-17-4-2-3-5-18(17)23(21-14)16-8-6-15(7-9-16)19(24)22-12-10-20-11-13-22;2*1-10-13-4-2-3-5-14(13)17(16-10)12-8-6-11(15)7-9-12;1-9(2,3)13-8(12)11-6-4-10-5-7-11;5-3(6)4(7)1-2-4;/h5-12H,13-16H2,1-4H3;2-9,17,30H,10-15H2,1H3;2-9,20H,10-13H2,1H3;6-9H,2-5H2,1H3;2-9H,1H3;10H,4-7H2,1-3H3;7H,1-2H2,(H,5,6);1H. The molecule has 140 heavy (non-hydrogen) atoms. The smallest absolute Gasteiger partial charge is 0.410 e. The Labute approximate surface area is 838 Å². The van der Waals surface area contributed by atoms with Crippen LogP contribution in [-0.2, 0) is 31.9 Å². The third kappa shape index (κ3) is 25.3. The van der Waals surface area contributed by atoms with Gasteiger partial charge in [0.15, 0.2) is 11.4 Å². The minimum Gasteiger partial charge on any atom is -0.479 e. The van der Waals surface area contributed by atoms with Crippen LogP contribution in [0.15, 0.2) is 227 Å². The Kier molecular flexibility index (Phi) is 33.3. The van der Waals surface area contributed by atoms with E-state index in [2.05, 4.69) is 147 Å². The van der Waals surface area contributed by atoms with Gasteiger partial charge in [0.2, 0.25) is 0 Å². The summed E-state index contributed by atoms with van der Waals surface area (Å²) in [6.07, 6.45) is 7.68. The number of piperidine rings is 1. The third-order valence-corrected chi connectivity index (χ3v) is 26.6. The zero-order chi connectivity index (χ0) is 98.6. The number of carbonyl (C=O) groups excluding carboxylic acids is 6. The number of aromatic nitrogens is 10. The van der Waals surface area contributed by atoms with E-state index >= 15 is 0 Å². The summed E-state index contributed by atoms with van der Waals surface area (Å²) >= 11 is 6.91. The fraction of sp³-hybridized carbons (Fsp3) is 0.370. The maximum Gasteiger partial charge on any atom is 0.410 e. The number of ether oxygens (including phenoxy) is 2. The molecular formula is C108H124Br2ClN17O12. The lowest BCUT2D eigenvalue weighted by molar-refractivity contribution is -0.149. The normalized spacial score (nSPS) is 15.8. The largest absolute Gasteiger partial charge is 0.479 e. The number of nitrogens with zero attached hydrogens (tertiary/aromatic N) is 15. The van der Waals surface area contributed by atoms with Crippen molar-refractivity contribution in [2.45, 2.75) is 163 Å². The highest BCUT2D eigenvalue weighted by Gasteiger charge is 2.51. The summed E-state index contributed by atoms with van der Waals surface area (Å²) < 4.78 is 22.7. The molecule has 4 saturated heterocycles. The summed E-state index contributed by atoms with van der Waals surface area (Å²) in [5.41, 5.74) is 16.1. The van der Waals surface area contributed by atoms with Gasteiger partial charge in [-0.3, -0.25) is 19.2 Å². The van der Waals surface area contributed by atoms with Crippen LogP contribution in [0, 0.1) is 40.5 Å². The number of carboxylic acid groups (broad SMARTS) is 1. The van der Waals surface area contributed by atoms with E-state index in [1.54, 1.807) is 14.7 Å². The highest BCUT2D eigenvalue weighted by molar-refractivity contribution is 9.10. The van der Waals surface area contributed by atoms with E-state index in [1.165, 1.54) is 47.3 Å². The molecule has 21 rings (SSSR count). The molecule has 2 saturated carbocycles. The first-order chi connectivity index (χ1) is 66.6. The number of rotatable bonds is 11. The molecule has 0 radical (unpaired) electrons. The number of aryl methyl sites for hydroxylation is 5. The number of halogens is 3. The molecule has 9 heterocycles. The van der Waals surface area contributed by atoms with Gasteiger partial charge < -0.3 is 59.9 Å². The Morgan fingerprint density at radius 3 is 0.957 bits per heavy atom. The number of ketones is 1. The second-order valence-electron chi connectivity index (χ2n) is 38.1. The van der Waals surface area contributed by atoms with Gasteiger partial charge in [-0.05, 0) is 292 Å². The van der Waals surface area contributed by atoms with Crippen molar-refractivity contribution in [3.8, 4) is 28.4 Å². The Bertz CT molecular complexity index is 6710. The first-order valence-electron chi connectivity index (χ1n) is 47.7. The molecule has 3 aliphatic carbocycles. The van der Waals surface area contributed by atoms with E-state index < -0.39 is 22.8 Å². The number of nitrogens with one attached hydrogen (secondary N) is 2. The Morgan fingerprint density at radius 2 is 0.636 bits per heavy atom. The van der Waals surface area contributed by atoms with E-state index in [0.29, 0.717) is 88.9 Å². The molecule has 0 atom stereocenters. The Balaban J connectivity index is 0.000000134. The predicted octanol–water partition coefficient (Wildman–Crippen LogP) is 18.4. The third-order valence-electron chi connectivity index (χ3n) is 25.5. The molecule has 14 aromatic rings. The maximum atomic E-state index is 12.9. The summed E-state index contributed by atoms with van der Waals surface area (Å²) in [4.78, 5) is 93.2. The number of fused-ring (bicyclic) bond motifs is 5. The van der Waals surface area contributed by atoms with Crippen LogP contribution in [-0.4, -0.2) is 244 Å². The number of hydrogen-bond acceptors (Lipinski definition) is 18. The molecule has 734 valence electrons. The molecule has 5 amide bonds. The number of aliphatic hydroxyl groups is 2. The first kappa shape index (κ1) is 103. The number of carbonyl (C=O) groups is 7. The molecule has 5 aromatic heterocycles. The summed E-state index contributed by atoms with van der Waals surface area (Å²) in [6, 6.07) is 72.0. The molecule has 0 unspecified atom stereocenters. The summed E-state index contributed by atoms with van der Waals surface area (Å²) in [6.45, 7) is 30.9. The van der Waals surface area contributed by atoms with Crippen molar-refractivity contribution < 1.29 is 58.4 Å². The van der Waals surface area contributed by atoms with Crippen molar-refractivity contribution in [2.75, 3.05) is 91.6 Å². The van der Waals surface area contributed by atoms with Crippen molar-refractivity contribution in [1.82, 2.24) is 84.0 Å². The van der Waals surface area contributed by atoms with Crippen LogP contribution in [0.5, 0.6) is 0 Å². The Morgan fingerprint density at radius 1 is 0.357 bits per heavy atom. The lowest BCUT2D eigenvalue weighted by Crippen LogP contribution is -2.51. The zero-order valence-corrected chi connectivity index (χ0v) is 85.2. The van der Waals surface area contributed by atoms with Crippen LogP contribution in [0.4, 0.5) is 9.59 Å². The van der Waals surface area contributed by atoms with Crippen molar-refractivity contribution in [1.29, 1.82) is 0 Å². The average Bonchev–Trinajstić information content (AvgIpc) is 1.65. The van der Waals surface area contributed by atoms with Crippen molar-refractivity contribution in [2.24, 2.45) is 5.92 Å². The number of carboxylic acids is 1. The van der Waals surface area contributed by atoms with Gasteiger partial charge in [-0.25, -0.2) is 37.8 Å². The van der Waals surface area contributed by atoms with Gasteiger partial charge in [-0.1, -0.05) is 105 Å². The van der Waals surface area contributed by atoms with Gasteiger partial charge >= 0.3 is 18.2 Å². The number of Topliss-reactive ketones (excluding diaryl/α,β-unsaturated/α-hetero) is 1. The second kappa shape index (κ2) is 45.2. The number of piperazine rings is 3. The summed E-state index contributed by atoms with van der Waals surface area (Å²) in [7, 11) is 0. The van der Waals surface area contributed by atoms with Gasteiger partial charge in [0.25, 0.3) is 17.7 Å². The summed E-state index contributed by atoms with van der Waals surface area (Å²) in [5.74, 6) is -1.19. The number of aliphatic carboxylic acids is 1. The minimum atomic E-state index is -1.33. The van der Waals surface area contributed by atoms with Crippen LogP contribution in [0.3, 0.4) is 0 Å². The molecule has 9 aromatic carbocycles. The lowest BCUT2D eigenvalue weighted by Gasteiger charge is -2.35. The van der Waals surface area contributed by atoms with Crippen LogP contribution >= 0.6 is 44.3 Å². The van der Waals surface area contributed by atoms with Crippen LogP contribution in [0.1, 0.15) is 164 Å². The van der Waals surface area contributed by atoms with Gasteiger partial charge in [0.05, 0.1) is 79.0 Å². The monoisotopic (exact) mass is 2040 g/mol. The van der Waals surface area contributed by atoms with E-state index in [-0.39, 0.29) is 59.6 Å². The molecule has 0 bridgehead atoms. The van der Waals surface area contributed by atoms with Gasteiger partial charge in [0, 0.05) is 150 Å². The van der Waals surface area contributed by atoms with Crippen molar-refractivity contribution >= 4 is 130 Å². The lowest BCUT2D eigenvalue weighted by atomic mass is 9.88. The second-order valence-corrected chi connectivity index (χ2v) is 39.9. The van der Waals surface area contributed by atoms with Crippen LogP contribution in [0.25, 0.3) is 72.0 Å². The van der Waals surface area contributed by atoms with Crippen molar-refractivity contribution in [3.63, 3.8) is 0 Å². The molecule has 32 heteroatoms. The van der Waals surface area contributed by atoms with Gasteiger partial charge in [-0.2, -0.15) is 25.5 Å². The Hall–Kier alpha value is -12.8. The summed E-state index contributed by atoms with van der Waals surface area (Å²) in [5, 5.41) is 61.0. The average molecular weight is 2050 g/mol. The SMILES string of the molecule is CC(C)(C)OC(=O)N1CCNCC1.Cc1nn(-c2ccc(Br)cc2)c2c1CCCC2.Cc1nn(-c2ccc(Br)cc2)c2ccccc12.Cc1nn(-c2ccc(C(=O)N3CCC(C(=O)C4(O)CC4)CC3)cc2)c2ccccc12.Cc1nn(-c2ccc(C(=O)N3CCN(C(=O)OC(C)(C)C)CC3)cc2)c2ccccc12.Cc1nn(-c2ccc(C(=O)N3CCNCC3)cc2)c2ccccc12.Cl.O=C(O)C1(O)CC1. The molecule has 4 aliphatic heterocycles. The maximum absolute atomic E-state index is 12.9. The van der Waals surface area contributed by atoms with Crippen LogP contribution in [0.2, 0.25) is 0 Å². The van der Waals surface area contributed by atoms with E-state index in [1.807, 2.05) is 243 Å². The fourth-order valence-corrected chi connectivity index (χ4v) is 18.0. The molecular weight excluding hydrogens is 1920 g/mol. The molecule has 0 spiro atoms. The number of para-hydroxylation sites is 4. The number of hydrogen-bond donors (Lipinski definition) is 5.